The van der Waals surface area contributed by atoms with Crippen LogP contribution < -0.4 is 15.4 Å². The van der Waals surface area contributed by atoms with Crippen LogP contribution in [0.25, 0.3) is 11.3 Å². The normalized spacial score (nSPS) is 11.4. The maximum absolute atomic E-state index is 13.2. The van der Waals surface area contributed by atoms with Crippen molar-refractivity contribution in [3.8, 4) is 29.4 Å². The standard InChI is InChI=1S/C26H27FN4O3/c1-4-18-10-11-22(33-3)20(14-18)25(32)31-21(9-6-12-29-24(28)15-27)26-30-16-23(34-26)19-8-5-7-17(2)13-19/h1,5,7-8,10-11,13-14,16,21H,6,9,12,15H2,2-3H3,(H2,28,29)(H,31,32)/t21-/m0/s1. The summed E-state index contributed by atoms with van der Waals surface area (Å²) in [4.78, 5) is 17.6. The summed E-state index contributed by atoms with van der Waals surface area (Å²) in [6, 6.07) is 12.2. The van der Waals surface area contributed by atoms with Gasteiger partial charge in [0.15, 0.2) is 5.76 Å². The number of amidine groups is 1. The molecule has 0 saturated carbocycles. The lowest BCUT2D eigenvalue weighted by molar-refractivity contribution is 0.0924. The molecule has 0 radical (unpaired) electrons. The van der Waals surface area contributed by atoms with Crippen LogP contribution in [0.1, 0.15) is 46.3 Å². The van der Waals surface area contributed by atoms with E-state index in [1.165, 1.54) is 7.11 Å². The Morgan fingerprint density at radius 1 is 1.32 bits per heavy atom. The first-order chi connectivity index (χ1) is 16.4. The van der Waals surface area contributed by atoms with Gasteiger partial charge >= 0.3 is 0 Å². The Balaban J connectivity index is 1.83. The lowest BCUT2D eigenvalue weighted by atomic mass is 10.1. The first-order valence-corrected chi connectivity index (χ1v) is 10.8. The van der Waals surface area contributed by atoms with Crippen LogP contribution in [-0.2, 0) is 0 Å². The fourth-order valence-electron chi connectivity index (χ4n) is 3.44. The number of methoxy groups -OCH3 is 1. The molecule has 2 aromatic carbocycles. The minimum Gasteiger partial charge on any atom is -0.496 e. The molecule has 176 valence electrons. The number of carbonyl (C=O) groups is 1. The van der Waals surface area contributed by atoms with Crippen molar-refractivity contribution >= 4 is 11.7 Å². The van der Waals surface area contributed by atoms with Crippen molar-refractivity contribution in [1.82, 2.24) is 15.6 Å². The molecular formula is C26H27FN4O3. The van der Waals surface area contributed by atoms with Crippen molar-refractivity contribution in [2.24, 2.45) is 0 Å². The van der Waals surface area contributed by atoms with Crippen LogP contribution in [0.3, 0.4) is 0 Å². The van der Waals surface area contributed by atoms with E-state index in [4.69, 9.17) is 21.0 Å². The third kappa shape index (κ3) is 6.23. The molecule has 0 spiro atoms. The van der Waals surface area contributed by atoms with Crippen molar-refractivity contribution in [1.29, 1.82) is 5.41 Å². The number of hydrogen-bond acceptors (Lipinski definition) is 5. The molecule has 0 bridgehead atoms. The summed E-state index contributed by atoms with van der Waals surface area (Å²) in [7, 11) is 1.48. The second-order valence-electron chi connectivity index (χ2n) is 7.70. The van der Waals surface area contributed by atoms with E-state index in [0.717, 1.165) is 11.1 Å². The van der Waals surface area contributed by atoms with E-state index < -0.39 is 18.6 Å². The van der Waals surface area contributed by atoms with Crippen molar-refractivity contribution < 1.29 is 18.3 Å². The van der Waals surface area contributed by atoms with Crippen LogP contribution in [0.5, 0.6) is 5.75 Å². The largest absolute Gasteiger partial charge is 0.496 e. The Morgan fingerprint density at radius 3 is 2.85 bits per heavy atom. The van der Waals surface area contributed by atoms with Gasteiger partial charge in [-0.2, -0.15) is 0 Å². The molecule has 7 nitrogen and oxygen atoms in total. The Kier molecular flexibility index (Phi) is 8.41. The maximum atomic E-state index is 13.2. The zero-order chi connectivity index (χ0) is 24.5. The third-order valence-electron chi connectivity index (χ3n) is 5.18. The Hall–Kier alpha value is -4.12. The Morgan fingerprint density at radius 2 is 2.15 bits per heavy atom. The number of aryl methyl sites for hydroxylation is 1. The molecule has 0 saturated heterocycles. The van der Waals surface area contributed by atoms with E-state index in [0.29, 0.717) is 47.9 Å². The van der Waals surface area contributed by atoms with Gasteiger partial charge in [-0.25, -0.2) is 9.37 Å². The van der Waals surface area contributed by atoms with Gasteiger partial charge in [-0.1, -0.05) is 29.7 Å². The van der Waals surface area contributed by atoms with Gasteiger partial charge in [0.1, 0.15) is 24.3 Å². The number of benzene rings is 2. The predicted molar refractivity (Wildman–Crippen MR) is 129 cm³/mol. The number of carbonyl (C=O) groups excluding carboxylic acids is 1. The number of amides is 1. The summed E-state index contributed by atoms with van der Waals surface area (Å²) in [5, 5.41) is 13.0. The van der Waals surface area contributed by atoms with E-state index in [9.17, 15) is 9.18 Å². The molecule has 0 aliphatic heterocycles. The number of nitrogens with zero attached hydrogens (tertiary/aromatic N) is 1. The summed E-state index contributed by atoms with van der Waals surface area (Å²) >= 11 is 0. The minimum atomic E-state index is -0.856. The molecule has 0 aliphatic rings. The van der Waals surface area contributed by atoms with Crippen molar-refractivity contribution in [2.75, 3.05) is 20.3 Å². The van der Waals surface area contributed by atoms with E-state index in [1.54, 1.807) is 24.4 Å². The number of ether oxygens (including phenoxy) is 1. The molecule has 0 fully saturated rings. The molecule has 1 aromatic heterocycles. The molecule has 3 N–H and O–H groups in total. The minimum absolute atomic E-state index is 0.186. The summed E-state index contributed by atoms with van der Waals surface area (Å²) in [6.07, 6.45) is 8.10. The van der Waals surface area contributed by atoms with Gasteiger partial charge in [0.2, 0.25) is 5.89 Å². The van der Waals surface area contributed by atoms with Gasteiger partial charge in [0, 0.05) is 17.7 Å². The molecule has 1 heterocycles. The fourth-order valence-corrected chi connectivity index (χ4v) is 3.44. The predicted octanol–water partition coefficient (Wildman–Crippen LogP) is 4.43. The van der Waals surface area contributed by atoms with Gasteiger partial charge in [0.05, 0.1) is 18.9 Å². The number of rotatable bonds is 10. The second kappa shape index (κ2) is 11.7. The molecule has 0 unspecified atom stereocenters. The highest BCUT2D eigenvalue weighted by atomic mass is 19.1. The molecular weight excluding hydrogens is 435 g/mol. The van der Waals surface area contributed by atoms with Gasteiger partial charge in [-0.15, -0.1) is 6.42 Å². The van der Waals surface area contributed by atoms with E-state index >= 15 is 0 Å². The number of hydrogen-bond donors (Lipinski definition) is 3. The van der Waals surface area contributed by atoms with Gasteiger partial charge in [-0.05, 0) is 44.0 Å². The number of halogens is 1. The Bertz CT molecular complexity index is 1200. The maximum Gasteiger partial charge on any atom is 0.255 e. The van der Waals surface area contributed by atoms with Crippen LogP contribution in [0.4, 0.5) is 4.39 Å². The summed E-state index contributed by atoms with van der Waals surface area (Å²) in [6.45, 7) is 1.51. The van der Waals surface area contributed by atoms with Crippen LogP contribution in [0, 0.1) is 24.7 Å². The van der Waals surface area contributed by atoms with Crippen LogP contribution in [0.15, 0.2) is 53.1 Å². The summed E-state index contributed by atoms with van der Waals surface area (Å²) < 4.78 is 23.9. The average Bonchev–Trinajstić information content (AvgIpc) is 3.35. The third-order valence-corrected chi connectivity index (χ3v) is 5.18. The van der Waals surface area contributed by atoms with Crippen LogP contribution in [-0.4, -0.2) is 37.1 Å². The highest BCUT2D eigenvalue weighted by molar-refractivity contribution is 5.97. The highest BCUT2D eigenvalue weighted by Crippen LogP contribution is 2.27. The van der Waals surface area contributed by atoms with Crippen molar-refractivity contribution in [2.45, 2.75) is 25.8 Å². The fraction of sp³-hybridized carbons (Fsp3) is 0.269. The summed E-state index contributed by atoms with van der Waals surface area (Å²) in [5.41, 5.74) is 2.81. The van der Waals surface area contributed by atoms with Crippen LogP contribution in [0.2, 0.25) is 0 Å². The van der Waals surface area contributed by atoms with Crippen LogP contribution >= 0.6 is 0 Å². The van der Waals surface area contributed by atoms with Gasteiger partial charge in [0.25, 0.3) is 5.91 Å². The Labute approximate surface area is 198 Å². The second-order valence-corrected chi connectivity index (χ2v) is 7.70. The smallest absolute Gasteiger partial charge is 0.255 e. The highest BCUT2D eigenvalue weighted by Gasteiger charge is 2.23. The topological polar surface area (TPSA) is 100 Å². The van der Waals surface area contributed by atoms with E-state index in [2.05, 4.69) is 21.5 Å². The SMILES string of the molecule is C#Cc1ccc(OC)c(C(=O)N[C@@H](CCCNC(=N)CF)c2ncc(-c3cccc(C)c3)o2)c1. The molecule has 8 heteroatoms. The molecule has 1 atom stereocenters. The zero-order valence-corrected chi connectivity index (χ0v) is 19.2. The molecule has 0 aliphatic carbocycles. The monoisotopic (exact) mass is 462 g/mol. The average molecular weight is 463 g/mol. The first-order valence-electron chi connectivity index (χ1n) is 10.8. The summed E-state index contributed by atoms with van der Waals surface area (Å²) in [5.74, 6) is 3.26. The van der Waals surface area contributed by atoms with E-state index in [-0.39, 0.29) is 5.84 Å². The van der Waals surface area contributed by atoms with E-state index in [1.807, 2.05) is 31.2 Å². The first kappa shape index (κ1) is 24.5. The molecule has 1 amide bonds. The lowest BCUT2D eigenvalue weighted by Crippen LogP contribution is -2.31. The number of nitrogens with one attached hydrogen (secondary N) is 3. The molecule has 3 aromatic rings. The lowest BCUT2D eigenvalue weighted by Gasteiger charge is -2.17. The number of alkyl halides is 1. The van der Waals surface area contributed by atoms with Crippen molar-refractivity contribution in [3.05, 3.63) is 71.2 Å². The molecule has 3 rings (SSSR count). The molecule has 34 heavy (non-hydrogen) atoms. The number of aromatic nitrogens is 1. The number of oxazole rings is 1. The van der Waals surface area contributed by atoms with Gasteiger partial charge < -0.3 is 19.8 Å². The number of terminal acetylenes is 1. The zero-order valence-electron chi connectivity index (χ0n) is 19.2. The van der Waals surface area contributed by atoms with Crippen molar-refractivity contribution in [3.63, 3.8) is 0 Å². The van der Waals surface area contributed by atoms with Gasteiger partial charge in [-0.3, -0.25) is 10.2 Å². The quantitative estimate of drug-likeness (QED) is 0.179.